The molecule has 2 fully saturated rings. The van der Waals surface area contributed by atoms with E-state index in [4.69, 9.17) is 18.9 Å². The highest BCUT2D eigenvalue weighted by Gasteiger charge is 2.47. The van der Waals surface area contributed by atoms with Crippen LogP contribution in [0.3, 0.4) is 0 Å². The first-order chi connectivity index (χ1) is 17.0. The zero-order chi connectivity index (χ0) is 24.8. The molecule has 4 nitrogen and oxygen atoms in total. The number of hydrogen-bond donors (Lipinski definition) is 0. The van der Waals surface area contributed by atoms with Gasteiger partial charge in [0.2, 0.25) is 0 Å². The van der Waals surface area contributed by atoms with Gasteiger partial charge in [0, 0.05) is 5.92 Å². The van der Waals surface area contributed by atoms with E-state index in [1.807, 2.05) is 12.1 Å². The molecule has 0 aromatic heterocycles. The van der Waals surface area contributed by atoms with E-state index < -0.39 is 6.29 Å². The predicted molar refractivity (Wildman–Crippen MR) is 140 cm³/mol. The van der Waals surface area contributed by atoms with Gasteiger partial charge < -0.3 is 18.9 Å². The van der Waals surface area contributed by atoms with Gasteiger partial charge in [-0.05, 0) is 48.6 Å². The Kier molecular flexibility index (Phi) is 9.40. The normalized spacial score (nSPS) is 35.6. The molecule has 35 heavy (non-hydrogen) atoms. The molecule has 4 heteroatoms. The van der Waals surface area contributed by atoms with Crippen molar-refractivity contribution in [2.24, 2.45) is 23.7 Å². The van der Waals surface area contributed by atoms with Crippen molar-refractivity contribution in [1.82, 2.24) is 0 Å². The smallest absolute Gasteiger partial charge is 0.186 e. The Bertz CT molecular complexity index is 872. The van der Waals surface area contributed by atoms with Gasteiger partial charge in [0.25, 0.3) is 0 Å². The first kappa shape index (κ1) is 26.3. The molecule has 1 aliphatic heterocycles. The molecule has 1 heterocycles. The highest BCUT2D eigenvalue weighted by molar-refractivity contribution is 5.14. The number of rotatable bonds is 9. The van der Waals surface area contributed by atoms with Gasteiger partial charge >= 0.3 is 0 Å². The summed E-state index contributed by atoms with van der Waals surface area (Å²) < 4.78 is 26.6. The van der Waals surface area contributed by atoms with Crippen LogP contribution in [0, 0.1) is 23.7 Å². The summed E-state index contributed by atoms with van der Waals surface area (Å²) in [4.78, 5) is 0. The van der Waals surface area contributed by atoms with Gasteiger partial charge in [0.05, 0.1) is 31.5 Å². The van der Waals surface area contributed by atoms with Gasteiger partial charge in [-0.2, -0.15) is 0 Å². The van der Waals surface area contributed by atoms with Crippen LogP contribution in [0.2, 0.25) is 0 Å². The van der Waals surface area contributed by atoms with Crippen LogP contribution >= 0.6 is 0 Å². The third kappa shape index (κ3) is 6.74. The minimum Gasteiger partial charge on any atom is -0.370 e. The molecule has 4 rings (SSSR count). The lowest BCUT2D eigenvalue weighted by atomic mass is 9.73. The molecule has 192 valence electrons. The van der Waals surface area contributed by atoms with Crippen LogP contribution in [0.25, 0.3) is 0 Å². The molecule has 1 saturated carbocycles. The SMILES string of the molecule is CCC1CC(C)C[C@@H](C)[C@@H]1O[C@@H]1OC(C)[C@@H](C)[C@H](OCc2ccccc2)C1OCc1ccccc1. The van der Waals surface area contributed by atoms with Crippen molar-refractivity contribution >= 4 is 0 Å². The molecule has 2 aliphatic rings. The summed E-state index contributed by atoms with van der Waals surface area (Å²) in [7, 11) is 0. The van der Waals surface area contributed by atoms with E-state index in [1.165, 1.54) is 18.4 Å². The van der Waals surface area contributed by atoms with Crippen molar-refractivity contribution in [3.63, 3.8) is 0 Å². The van der Waals surface area contributed by atoms with Crippen LogP contribution in [0.4, 0.5) is 0 Å². The van der Waals surface area contributed by atoms with Gasteiger partial charge in [-0.3, -0.25) is 0 Å². The summed E-state index contributed by atoms with van der Waals surface area (Å²) in [5, 5.41) is 0. The van der Waals surface area contributed by atoms with Crippen molar-refractivity contribution in [2.75, 3.05) is 0 Å². The van der Waals surface area contributed by atoms with Gasteiger partial charge in [-0.1, -0.05) is 94.8 Å². The fourth-order valence-electron chi connectivity index (χ4n) is 5.98. The van der Waals surface area contributed by atoms with Crippen molar-refractivity contribution in [3.05, 3.63) is 71.8 Å². The summed E-state index contributed by atoms with van der Waals surface area (Å²) in [6.45, 7) is 12.4. The molecule has 0 amide bonds. The molecule has 0 radical (unpaired) electrons. The molecular formula is C31H44O4. The third-order valence-electron chi connectivity index (χ3n) is 8.09. The lowest BCUT2D eigenvalue weighted by Crippen LogP contribution is -2.57. The molecule has 2 aromatic rings. The number of benzene rings is 2. The molecule has 0 bridgehead atoms. The predicted octanol–water partition coefficient (Wildman–Crippen LogP) is 7.02. The Hall–Kier alpha value is -1.72. The summed E-state index contributed by atoms with van der Waals surface area (Å²) in [6.07, 6.45) is 2.88. The minimum absolute atomic E-state index is 0.0234. The van der Waals surface area contributed by atoms with Crippen LogP contribution < -0.4 is 0 Å². The highest BCUT2D eigenvalue weighted by Crippen LogP contribution is 2.40. The fourth-order valence-corrected chi connectivity index (χ4v) is 5.98. The molecule has 0 spiro atoms. The van der Waals surface area contributed by atoms with Crippen LogP contribution in [0.1, 0.15) is 65.0 Å². The molecule has 0 N–H and O–H groups in total. The highest BCUT2D eigenvalue weighted by atomic mass is 16.7. The van der Waals surface area contributed by atoms with E-state index in [9.17, 15) is 0 Å². The van der Waals surface area contributed by atoms with Crippen molar-refractivity contribution in [2.45, 2.75) is 97.8 Å². The Morgan fingerprint density at radius 2 is 1.31 bits per heavy atom. The van der Waals surface area contributed by atoms with Crippen LogP contribution in [0.15, 0.2) is 60.7 Å². The topological polar surface area (TPSA) is 36.9 Å². The summed E-state index contributed by atoms with van der Waals surface area (Å²) in [5.74, 6) is 1.98. The van der Waals surface area contributed by atoms with Crippen LogP contribution in [0.5, 0.6) is 0 Å². The first-order valence-electron chi connectivity index (χ1n) is 13.6. The zero-order valence-corrected chi connectivity index (χ0v) is 22.1. The maximum absolute atomic E-state index is 6.87. The average Bonchev–Trinajstić information content (AvgIpc) is 2.87. The van der Waals surface area contributed by atoms with E-state index in [0.717, 1.165) is 17.9 Å². The van der Waals surface area contributed by atoms with Crippen molar-refractivity contribution < 1.29 is 18.9 Å². The molecule has 2 aromatic carbocycles. The third-order valence-corrected chi connectivity index (χ3v) is 8.09. The molecule has 1 aliphatic carbocycles. The summed E-state index contributed by atoms with van der Waals surface area (Å²) in [6, 6.07) is 20.7. The summed E-state index contributed by atoms with van der Waals surface area (Å²) >= 11 is 0. The van der Waals surface area contributed by atoms with Crippen LogP contribution in [-0.2, 0) is 32.2 Å². The maximum atomic E-state index is 6.87. The van der Waals surface area contributed by atoms with E-state index in [1.54, 1.807) is 0 Å². The standard InChI is InChI=1S/C31H44O4/c1-6-27-18-21(2)17-22(3)28(27)35-31-30(33-20-26-15-11-8-12-16-26)29(23(4)24(5)34-31)32-19-25-13-9-7-10-14-25/h7-16,21-24,27-31H,6,17-20H2,1-5H3/t21?,22-,23-,24?,27?,28+,29+,30?,31+/m1/s1. The van der Waals surface area contributed by atoms with Gasteiger partial charge in [0.1, 0.15) is 6.10 Å². The molecule has 4 unspecified atom stereocenters. The Balaban J connectivity index is 1.55. The Morgan fingerprint density at radius 3 is 1.89 bits per heavy atom. The Morgan fingerprint density at radius 1 is 0.743 bits per heavy atom. The van der Waals surface area contributed by atoms with Gasteiger partial charge in [-0.15, -0.1) is 0 Å². The van der Waals surface area contributed by atoms with E-state index in [2.05, 4.69) is 83.1 Å². The number of hydrogen-bond acceptors (Lipinski definition) is 4. The summed E-state index contributed by atoms with van der Waals surface area (Å²) in [5.41, 5.74) is 2.31. The quantitative estimate of drug-likeness (QED) is 0.387. The van der Waals surface area contributed by atoms with Gasteiger partial charge in [-0.25, -0.2) is 0 Å². The maximum Gasteiger partial charge on any atom is 0.186 e. The Labute approximate surface area is 212 Å². The molecular weight excluding hydrogens is 436 g/mol. The van der Waals surface area contributed by atoms with Crippen LogP contribution in [-0.4, -0.2) is 30.7 Å². The van der Waals surface area contributed by atoms with E-state index >= 15 is 0 Å². The lowest BCUT2D eigenvalue weighted by Gasteiger charge is -2.47. The van der Waals surface area contributed by atoms with Gasteiger partial charge in [0.15, 0.2) is 6.29 Å². The largest absolute Gasteiger partial charge is 0.370 e. The number of ether oxygens (including phenoxy) is 4. The minimum atomic E-state index is -0.444. The first-order valence-corrected chi connectivity index (χ1v) is 13.6. The second-order valence-corrected chi connectivity index (χ2v) is 10.9. The lowest BCUT2D eigenvalue weighted by molar-refractivity contribution is -0.321. The average molecular weight is 481 g/mol. The second-order valence-electron chi connectivity index (χ2n) is 10.9. The van der Waals surface area contributed by atoms with Crippen molar-refractivity contribution in [1.29, 1.82) is 0 Å². The zero-order valence-electron chi connectivity index (χ0n) is 22.1. The molecule has 1 saturated heterocycles. The molecule has 9 atom stereocenters. The van der Waals surface area contributed by atoms with Crippen molar-refractivity contribution in [3.8, 4) is 0 Å². The second kappa shape index (κ2) is 12.5. The fraction of sp³-hybridized carbons (Fsp3) is 0.613. The van der Waals surface area contributed by atoms with E-state index in [0.29, 0.717) is 25.0 Å². The monoisotopic (exact) mass is 480 g/mol. The van der Waals surface area contributed by atoms with E-state index in [-0.39, 0.29) is 30.3 Å².